The normalized spacial score (nSPS) is 10.5. The van der Waals surface area contributed by atoms with Crippen LogP contribution in [-0.2, 0) is 18.4 Å². The molecule has 110 valence electrons. The van der Waals surface area contributed by atoms with Crippen molar-refractivity contribution >= 4 is 23.2 Å². The largest absolute Gasteiger partial charge is 0.302 e. The van der Waals surface area contributed by atoms with Gasteiger partial charge in [-0.2, -0.15) is 5.10 Å². The number of anilines is 1. The van der Waals surface area contributed by atoms with Gasteiger partial charge in [0.05, 0.1) is 17.3 Å². The molecule has 0 atom stereocenters. The minimum absolute atomic E-state index is 0.148. The Morgan fingerprint density at radius 1 is 1.57 bits per heavy atom. The van der Waals surface area contributed by atoms with E-state index in [1.807, 2.05) is 0 Å². The van der Waals surface area contributed by atoms with Gasteiger partial charge in [-0.1, -0.05) is 24.2 Å². The maximum absolute atomic E-state index is 13.5. The minimum Gasteiger partial charge on any atom is -0.302 e. The van der Waals surface area contributed by atoms with Gasteiger partial charge in [0, 0.05) is 13.2 Å². The van der Waals surface area contributed by atoms with Crippen molar-refractivity contribution < 1.29 is 9.18 Å². The van der Waals surface area contributed by atoms with Crippen LogP contribution in [0.5, 0.6) is 0 Å². The zero-order valence-corrected chi connectivity index (χ0v) is 12.6. The summed E-state index contributed by atoms with van der Waals surface area (Å²) in [6.07, 6.45) is 2.83. The first-order valence-electron chi connectivity index (χ1n) is 6.30. The summed E-state index contributed by atoms with van der Waals surface area (Å²) in [7, 11) is 1.74. The lowest BCUT2D eigenvalue weighted by atomic mass is 10.1. The van der Waals surface area contributed by atoms with Crippen molar-refractivity contribution in [1.29, 1.82) is 0 Å². The number of amides is 1. The van der Waals surface area contributed by atoms with Crippen LogP contribution >= 0.6 is 11.6 Å². The second-order valence-electron chi connectivity index (χ2n) is 4.66. The molecule has 4 nitrogen and oxygen atoms in total. The lowest BCUT2D eigenvalue weighted by Crippen LogP contribution is -2.29. The predicted octanol–water partition coefficient (Wildman–Crippen LogP) is 3.24. The van der Waals surface area contributed by atoms with Crippen molar-refractivity contribution in [2.45, 2.75) is 13.5 Å². The van der Waals surface area contributed by atoms with E-state index in [4.69, 9.17) is 11.6 Å². The molecule has 1 aromatic heterocycles. The summed E-state index contributed by atoms with van der Waals surface area (Å²) in [5.41, 5.74) is 1.79. The van der Waals surface area contributed by atoms with Gasteiger partial charge in [0.15, 0.2) is 0 Å². The van der Waals surface area contributed by atoms with Gasteiger partial charge in [-0.25, -0.2) is 4.39 Å². The number of aromatic nitrogens is 2. The molecular formula is C15H15ClFN3O. The number of carbonyl (C=O) groups excluding carboxylic acids is 1. The van der Waals surface area contributed by atoms with Crippen molar-refractivity contribution in [3.63, 3.8) is 0 Å². The molecule has 0 saturated heterocycles. The van der Waals surface area contributed by atoms with E-state index in [1.165, 1.54) is 23.1 Å². The lowest BCUT2D eigenvalue weighted by molar-refractivity contribution is -0.114. The second-order valence-corrected chi connectivity index (χ2v) is 5.06. The van der Waals surface area contributed by atoms with Gasteiger partial charge in [0.2, 0.25) is 0 Å². The van der Waals surface area contributed by atoms with Crippen LogP contribution in [0.2, 0.25) is 5.02 Å². The fourth-order valence-electron chi connectivity index (χ4n) is 2.03. The molecule has 0 radical (unpaired) electrons. The Hall–Kier alpha value is -2.14. The Bertz CT molecular complexity index is 696. The first kappa shape index (κ1) is 15.3. The molecule has 1 amide bonds. The van der Waals surface area contributed by atoms with Crippen LogP contribution in [-0.4, -0.2) is 15.7 Å². The lowest BCUT2D eigenvalue weighted by Gasteiger charge is -2.22. The topological polar surface area (TPSA) is 38.1 Å². The first-order valence-corrected chi connectivity index (χ1v) is 6.68. The third kappa shape index (κ3) is 3.31. The van der Waals surface area contributed by atoms with Gasteiger partial charge in [-0.3, -0.25) is 9.48 Å². The van der Waals surface area contributed by atoms with Gasteiger partial charge >= 0.3 is 0 Å². The highest BCUT2D eigenvalue weighted by atomic mass is 35.5. The second kappa shape index (κ2) is 6.10. The summed E-state index contributed by atoms with van der Waals surface area (Å²) in [4.78, 5) is 13.5. The summed E-state index contributed by atoms with van der Waals surface area (Å²) in [6, 6.07) is 4.28. The van der Waals surface area contributed by atoms with Crippen molar-refractivity contribution in [2.24, 2.45) is 7.05 Å². The van der Waals surface area contributed by atoms with Gasteiger partial charge in [0.25, 0.3) is 5.91 Å². The molecule has 0 fully saturated rings. The summed E-state index contributed by atoms with van der Waals surface area (Å²) in [6.45, 7) is 5.44. The number of hydrogen-bond donors (Lipinski definition) is 0. The Morgan fingerprint density at radius 3 is 2.86 bits per heavy atom. The summed E-state index contributed by atoms with van der Waals surface area (Å²) in [5, 5.41) is 4.66. The van der Waals surface area contributed by atoms with Gasteiger partial charge in [0.1, 0.15) is 11.5 Å². The maximum atomic E-state index is 13.5. The van der Waals surface area contributed by atoms with Crippen LogP contribution in [0.1, 0.15) is 11.3 Å². The molecule has 0 aliphatic heterocycles. The smallest absolute Gasteiger partial charge is 0.250 e. The highest BCUT2D eigenvalue weighted by molar-refractivity contribution is 6.31. The van der Waals surface area contributed by atoms with E-state index >= 15 is 0 Å². The molecule has 2 aromatic rings. The SMILES string of the molecule is C=CC(=O)N(Cc1nn(C)cc1Cl)c1cc(F)ccc1C. The van der Waals surface area contributed by atoms with Crippen LogP contribution in [0.15, 0.2) is 37.1 Å². The van der Waals surface area contributed by atoms with Crippen LogP contribution in [0, 0.1) is 12.7 Å². The number of carbonyl (C=O) groups is 1. The van der Waals surface area contributed by atoms with Crippen molar-refractivity contribution in [3.8, 4) is 0 Å². The number of rotatable bonds is 4. The average molecular weight is 308 g/mol. The van der Waals surface area contributed by atoms with E-state index < -0.39 is 5.82 Å². The number of aryl methyl sites for hydroxylation is 2. The van der Waals surface area contributed by atoms with E-state index in [9.17, 15) is 9.18 Å². The van der Waals surface area contributed by atoms with Crippen molar-refractivity contribution in [1.82, 2.24) is 9.78 Å². The Morgan fingerprint density at radius 2 is 2.29 bits per heavy atom. The zero-order chi connectivity index (χ0) is 15.6. The van der Waals surface area contributed by atoms with Crippen LogP contribution < -0.4 is 4.90 Å². The maximum Gasteiger partial charge on any atom is 0.250 e. The molecule has 6 heteroatoms. The van der Waals surface area contributed by atoms with E-state index in [0.717, 1.165) is 5.56 Å². The number of nitrogens with zero attached hydrogens (tertiary/aromatic N) is 3. The summed E-state index contributed by atoms with van der Waals surface area (Å²) in [5.74, 6) is -0.755. The zero-order valence-electron chi connectivity index (χ0n) is 11.8. The standard InChI is InChI=1S/C15H15ClFN3O/c1-4-15(21)20(9-13-12(16)8-19(3)18-13)14-7-11(17)6-5-10(14)2/h4-8H,1,9H2,2-3H3. The minimum atomic E-state index is -0.412. The molecular weight excluding hydrogens is 293 g/mol. The Labute approximate surface area is 127 Å². The monoisotopic (exact) mass is 307 g/mol. The van der Waals surface area contributed by atoms with Crippen molar-refractivity contribution in [2.75, 3.05) is 4.90 Å². The van der Waals surface area contributed by atoms with Gasteiger partial charge < -0.3 is 4.90 Å². The predicted molar refractivity (Wildman–Crippen MR) is 80.7 cm³/mol. The van der Waals surface area contributed by atoms with Crippen molar-refractivity contribution in [3.05, 3.63) is 59.1 Å². The molecule has 1 heterocycles. The molecule has 0 N–H and O–H groups in total. The molecule has 0 unspecified atom stereocenters. The summed E-state index contributed by atoms with van der Waals surface area (Å²) < 4.78 is 15.0. The molecule has 1 aromatic carbocycles. The third-order valence-corrected chi connectivity index (χ3v) is 3.38. The first-order chi connectivity index (χ1) is 9.92. The quantitative estimate of drug-likeness (QED) is 0.813. The Kier molecular flexibility index (Phi) is 4.43. The number of benzene rings is 1. The van der Waals surface area contributed by atoms with E-state index in [1.54, 1.807) is 30.9 Å². The molecule has 21 heavy (non-hydrogen) atoms. The van der Waals surface area contributed by atoms with E-state index in [0.29, 0.717) is 16.4 Å². The average Bonchev–Trinajstić information content (AvgIpc) is 2.76. The van der Waals surface area contributed by atoms with Gasteiger partial charge in [-0.05, 0) is 30.7 Å². The molecule has 0 spiro atoms. The fraction of sp³-hybridized carbons (Fsp3) is 0.200. The highest BCUT2D eigenvalue weighted by Crippen LogP contribution is 2.25. The number of halogens is 2. The molecule has 2 rings (SSSR count). The fourth-order valence-corrected chi connectivity index (χ4v) is 2.27. The number of hydrogen-bond acceptors (Lipinski definition) is 2. The highest BCUT2D eigenvalue weighted by Gasteiger charge is 2.19. The molecule has 0 aliphatic rings. The van der Waals surface area contributed by atoms with Crippen LogP contribution in [0.4, 0.5) is 10.1 Å². The van der Waals surface area contributed by atoms with Crippen LogP contribution in [0.3, 0.4) is 0 Å². The third-order valence-electron chi connectivity index (χ3n) is 3.06. The molecule has 0 saturated carbocycles. The molecule has 0 aliphatic carbocycles. The Balaban J connectivity index is 2.44. The summed E-state index contributed by atoms with van der Waals surface area (Å²) >= 11 is 6.07. The van der Waals surface area contributed by atoms with Crippen LogP contribution in [0.25, 0.3) is 0 Å². The molecule has 0 bridgehead atoms. The van der Waals surface area contributed by atoms with Gasteiger partial charge in [-0.15, -0.1) is 0 Å². The van der Waals surface area contributed by atoms with E-state index in [-0.39, 0.29) is 12.5 Å². The van der Waals surface area contributed by atoms with E-state index in [2.05, 4.69) is 11.7 Å².